The third-order valence-electron chi connectivity index (χ3n) is 3.97. The number of hydrogen-bond acceptors (Lipinski definition) is 3. The molecule has 0 aliphatic rings. The number of aromatic nitrogens is 2. The molecule has 0 bridgehead atoms. The Morgan fingerprint density at radius 2 is 1.78 bits per heavy atom. The van der Waals surface area contributed by atoms with Gasteiger partial charge in [0.1, 0.15) is 5.82 Å². The van der Waals surface area contributed by atoms with Crippen LogP contribution in [0.25, 0.3) is 21.7 Å². The van der Waals surface area contributed by atoms with Crippen LogP contribution in [0.15, 0.2) is 65.4 Å². The molecule has 4 aromatic rings. The summed E-state index contributed by atoms with van der Waals surface area (Å²) in [7, 11) is 0. The van der Waals surface area contributed by atoms with Crippen molar-refractivity contribution in [3.05, 3.63) is 71.0 Å². The van der Waals surface area contributed by atoms with Gasteiger partial charge in [-0.1, -0.05) is 34.1 Å². The molecular weight excluding hydrogens is 350 g/mol. The summed E-state index contributed by atoms with van der Waals surface area (Å²) in [5.74, 6) is 0.825. The van der Waals surface area contributed by atoms with Gasteiger partial charge in [0.15, 0.2) is 0 Å². The molecule has 3 nitrogen and oxygen atoms in total. The standard InChI is InChI=1S/C19H14BrN3/c1-12-4-2-3-5-17(12)23-19-16-11-22-18-7-6-13(20)10-15(18)14(16)8-9-21-19/h2-11H,1H3,(H,21,23). The predicted molar refractivity (Wildman–Crippen MR) is 99.2 cm³/mol. The summed E-state index contributed by atoms with van der Waals surface area (Å²) in [5.41, 5.74) is 3.22. The number of halogens is 1. The van der Waals surface area contributed by atoms with Gasteiger partial charge >= 0.3 is 0 Å². The molecule has 2 aromatic carbocycles. The highest BCUT2D eigenvalue weighted by molar-refractivity contribution is 9.10. The first kappa shape index (κ1) is 14.2. The molecule has 112 valence electrons. The van der Waals surface area contributed by atoms with Crippen LogP contribution in [0.5, 0.6) is 0 Å². The molecule has 0 unspecified atom stereocenters. The van der Waals surface area contributed by atoms with Crippen molar-refractivity contribution in [1.82, 2.24) is 9.97 Å². The van der Waals surface area contributed by atoms with Crippen molar-refractivity contribution in [1.29, 1.82) is 0 Å². The molecule has 1 N–H and O–H groups in total. The average molecular weight is 364 g/mol. The lowest BCUT2D eigenvalue weighted by molar-refractivity contribution is 1.31. The zero-order valence-electron chi connectivity index (χ0n) is 12.5. The summed E-state index contributed by atoms with van der Waals surface area (Å²) in [6, 6.07) is 16.4. The molecule has 2 heterocycles. The van der Waals surface area contributed by atoms with Crippen molar-refractivity contribution in [3.63, 3.8) is 0 Å². The fourth-order valence-corrected chi connectivity index (χ4v) is 3.11. The highest BCUT2D eigenvalue weighted by atomic mass is 79.9. The quantitative estimate of drug-likeness (QED) is 0.471. The Labute approximate surface area is 142 Å². The fourth-order valence-electron chi connectivity index (χ4n) is 2.75. The summed E-state index contributed by atoms with van der Waals surface area (Å²) >= 11 is 3.54. The largest absolute Gasteiger partial charge is 0.339 e. The summed E-state index contributed by atoms with van der Waals surface area (Å²) in [6.07, 6.45) is 3.72. The van der Waals surface area contributed by atoms with Crippen molar-refractivity contribution in [2.24, 2.45) is 0 Å². The number of fused-ring (bicyclic) bond motifs is 3. The normalized spacial score (nSPS) is 11.0. The highest BCUT2D eigenvalue weighted by Gasteiger charge is 2.08. The van der Waals surface area contributed by atoms with Crippen LogP contribution in [0, 0.1) is 6.92 Å². The molecule has 2 aromatic heterocycles. The van der Waals surface area contributed by atoms with E-state index in [-0.39, 0.29) is 0 Å². The topological polar surface area (TPSA) is 37.8 Å². The number of hydrogen-bond donors (Lipinski definition) is 1. The molecule has 0 fully saturated rings. The van der Waals surface area contributed by atoms with E-state index in [2.05, 4.69) is 56.3 Å². The Morgan fingerprint density at radius 3 is 2.65 bits per heavy atom. The Kier molecular flexibility index (Phi) is 3.46. The minimum Gasteiger partial charge on any atom is -0.339 e. The fraction of sp³-hybridized carbons (Fsp3) is 0.0526. The van der Waals surface area contributed by atoms with Crippen LogP contribution in [0.1, 0.15) is 5.56 Å². The summed E-state index contributed by atoms with van der Waals surface area (Å²) in [4.78, 5) is 9.08. The number of pyridine rings is 2. The monoisotopic (exact) mass is 363 g/mol. The van der Waals surface area contributed by atoms with E-state index in [1.54, 1.807) is 0 Å². The second-order valence-corrected chi connectivity index (χ2v) is 6.40. The van der Waals surface area contributed by atoms with Gasteiger partial charge in [0, 0.05) is 33.3 Å². The molecule has 0 aliphatic carbocycles. The molecule has 0 atom stereocenters. The molecule has 4 heteroatoms. The first-order valence-corrected chi connectivity index (χ1v) is 8.17. The van der Waals surface area contributed by atoms with Gasteiger partial charge < -0.3 is 5.32 Å². The molecule has 4 rings (SSSR count). The van der Waals surface area contributed by atoms with Crippen molar-refractivity contribution >= 4 is 49.1 Å². The first-order valence-electron chi connectivity index (χ1n) is 7.38. The number of aryl methyl sites for hydroxylation is 1. The lowest BCUT2D eigenvalue weighted by atomic mass is 10.1. The van der Waals surface area contributed by atoms with Gasteiger partial charge in [-0.3, -0.25) is 4.98 Å². The molecule has 0 radical (unpaired) electrons. The van der Waals surface area contributed by atoms with Crippen LogP contribution >= 0.6 is 15.9 Å². The molecule has 0 aliphatic heterocycles. The Morgan fingerprint density at radius 1 is 0.913 bits per heavy atom. The third kappa shape index (κ3) is 2.55. The van der Waals surface area contributed by atoms with E-state index < -0.39 is 0 Å². The number of nitrogens with one attached hydrogen (secondary N) is 1. The van der Waals surface area contributed by atoms with Gasteiger partial charge in [-0.15, -0.1) is 0 Å². The minimum atomic E-state index is 0.825. The maximum atomic E-state index is 4.57. The predicted octanol–water partition coefficient (Wildman–Crippen LogP) is 5.60. The number of rotatable bonds is 2. The SMILES string of the molecule is Cc1ccccc1Nc1nccc2c1cnc1ccc(Br)cc12. The van der Waals surface area contributed by atoms with Crippen molar-refractivity contribution < 1.29 is 0 Å². The van der Waals surface area contributed by atoms with E-state index >= 15 is 0 Å². The Balaban J connectivity index is 1.93. The van der Waals surface area contributed by atoms with Gasteiger partial charge in [0.25, 0.3) is 0 Å². The minimum absolute atomic E-state index is 0.825. The lowest BCUT2D eigenvalue weighted by Gasteiger charge is -2.12. The number of para-hydroxylation sites is 1. The first-order chi connectivity index (χ1) is 11.2. The van der Waals surface area contributed by atoms with Gasteiger partial charge in [0.2, 0.25) is 0 Å². The van der Waals surface area contributed by atoms with E-state index in [0.717, 1.165) is 37.7 Å². The Bertz CT molecular complexity index is 1030. The van der Waals surface area contributed by atoms with Gasteiger partial charge in [0.05, 0.1) is 5.52 Å². The van der Waals surface area contributed by atoms with Crippen LogP contribution in [-0.4, -0.2) is 9.97 Å². The smallest absolute Gasteiger partial charge is 0.139 e. The van der Waals surface area contributed by atoms with Gasteiger partial charge in [-0.25, -0.2) is 4.98 Å². The van der Waals surface area contributed by atoms with E-state index in [0.29, 0.717) is 0 Å². The van der Waals surface area contributed by atoms with E-state index in [1.807, 2.05) is 42.7 Å². The molecule has 0 amide bonds. The summed E-state index contributed by atoms with van der Waals surface area (Å²) in [5, 5.41) is 6.71. The van der Waals surface area contributed by atoms with Gasteiger partial charge in [-0.05, 0) is 48.2 Å². The van der Waals surface area contributed by atoms with Crippen molar-refractivity contribution in [2.75, 3.05) is 5.32 Å². The van der Waals surface area contributed by atoms with Gasteiger partial charge in [-0.2, -0.15) is 0 Å². The van der Waals surface area contributed by atoms with Crippen molar-refractivity contribution in [2.45, 2.75) is 6.92 Å². The molecule has 0 spiro atoms. The van der Waals surface area contributed by atoms with Crippen LogP contribution in [-0.2, 0) is 0 Å². The molecule has 0 saturated heterocycles. The molecular formula is C19H14BrN3. The number of nitrogens with zero attached hydrogens (tertiary/aromatic N) is 2. The van der Waals surface area contributed by atoms with Crippen molar-refractivity contribution in [3.8, 4) is 0 Å². The number of anilines is 2. The Hall–Kier alpha value is -2.46. The molecule has 23 heavy (non-hydrogen) atoms. The van der Waals surface area contributed by atoms with Crippen LogP contribution in [0.4, 0.5) is 11.5 Å². The maximum Gasteiger partial charge on any atom is 0.139 e. The zero-order valence-corrected chi connectivity index (χ0v) is 14.1. The lowest BCUT2D eigenvalue weighted by Crippen LogP contribution is -1.97. The van der Waals surface area contributed by atoms with E-state index in [9.17, 15) is 0 Å². The third-order valence-corrected chi connectivity index (χ3v) is 4.46. The second kappa shape index (κ2) is 5.63. The average Bonchev–Trinajstić information content (AvgIpc) is 2.57. The maximum absolute atomic E-state index is 4.57. The second-order valence-electron chi connectivity index (χ2n) is 5.48. The van der Waals surface area contributed by atoms with E-state index in [4.69, 9.17) is 0 Å². The van der Waals surface area contributed by atoms with Crippen LogP contribution in [0.2, 0.25) is 0 Å². The summed E-state index contributed by atoms with van der Waals surface area (Å²) < 4.78 is 1.05. The van der Waals surface area contributed by atoms with Crippen LogP contribution < -0.4 is 5.32 Å². The zero-order chi connectivity index (χ0) is 15.8. The van der Waals surface area contributed by atoms with E-state index in [1.165, 1.54) is 5.56 Å². The highest BCUT2D eigenvalue weighted by Crippen LogP contribution is 2.31. The molecule has 0 saturated carbocycles. The summed E-state index contributed by atoms with van der Waals surface area (Å²) in [6.45, 7) is 2.08. The number of benzene rings is 2. The van der Waals surface area contributed by atoms with Crippen LogP contribution in [0.3, 0.4) is 0 Å².